The van der Waals surface area contributed by atoms with Gasteiger partial charge in [-0.1, -0.05) is 60.2 Å². The molecule has 0 unspecified atom stereocenters. The van der Waals surface area contributed by atoms with Crippen molar-refractivity contribution < 1.29 is 0 Å². The lowest BCUT2D eigenvalue weighted by atomic mass is 10.2. The lowest BCUT2D eigenvalue weighted by Gasteiger charge is -2.26. The standard InChI is InChI=1S/C20H19N/c1-17-9-8-14-20(16-15-17)21(18-10-4-2-5-11-18)19-12-6-3-7-13-19/h2-7,9-16H,8H2,1H3. The van der Waals surface area contributed by atoms with Gasteiger partial charge >= 0.3 is 0 Å². The van der Waals surface area contributed by atoms with Gasteiger partial charge in [0.25, 0.3) is 0 Å². The smallest absolute Gasteiger partial charge is 0.0461 e. The van der Waals surface area contributed by atoms with Gasteiger partial charge in [0.2, 0.25) is 0 Å². The number of para-hydroxylation sites is 2. The Hall–Kier alpha value is -2.54. The first-order chi connectivity index (χ1) is 10.3. The van der Waals surface area contributed by atoms with Crippen molar-refractivity contribution in [3.63, 3.8) is 0 Å². The first-order valence-corrected chi connectivity index (χ1v) is 7.30. The molecular weight excluding hydrogens is 254 g/mol. The van der Waals surface area contributed by atoms with Crippen LogP contribution in [0.3, 0.4) is 0 Å². The molecule has 0 N–H and O–H groups in total. The summed E-state index contributed by atoms with van der Waals surface area (Å²) in [6.45, 7) is 2.14. The number of rotatable bonds is 3. The summed E-state index contributed by atoms with van der Waals surface area (Å²) in [7, 11) is 0. The molecule has 0 saturated carbocycles. The van der Waals surface area contributed by atoms with Crippen LogP contribution in [0.1, 0.15) is 13.3 Å². The first kappa shape index (κ1) is 13.4. The molecule has 1 aliphatic carbocycles. The van der Waals surface area contributed by atoms with Crippen molar-refractivity contribution in [2.75, 3.05) is 4.90 Å². The number of anilines is 2. The second-order valence-corrected chi connectivity index (χ2v) is 5.15. The Balaban J connectivity index is 2.06. The van der Waals surface area contributed by atoms with Crippen LogP contribution in [-0.2, 0) is 0 Å². The van der Waals surface area contributed by atoms with E-state index < -0.39 is 0 Å². The van der Waals surface area contributed by atoms with Crippen LogP contribution in [0.15, 0.2) is 96.2 Å². The predicted molar refractivity (Wildman–Crippen MR) is 90.6 cm³/mol. The predicted octanol–water partition coefficient (Wildman–Crippen LogP) is 5.61. The molecule has 0 radical (unpaired) electrons. The van der Waals surface area contributed by atoms with Gasteiger partial charge in [0.1, 0.15) is 0 Å². The molecule has 2 aromatic carbocycles. The van der Waals surface area contributed by atoms with Crippen molar-refractivity contribution in [3.8, 4) is 0 Å². The number of nitrogens with zero attached hydrogens (tertiary/aromatic N) is 1. The summed E-state index contributed by atoms with van der Waals surface area (Å²) in [5, 5.41) is 0. The van der Waals surface area contributed by atoms with E-state index in [1.165, 1.54) is 22.6 Å². The molecule has 3 rings (SSSR count). The SMILES string of the molecule is CC1=CCC=C(N(c2ccccc2)c2ccccc2)C=C1. The van der Waals surface area contributed by atoms with Gasteiger partial charge in [-0.3, -0.25) is 0 Å². The summed E-state index contributed by atoms with van der Waals surface area (Å²) in [6.07, 6.45) is 9.85. The average molecular weight is 273 g/mol. The van der Waals surface area contributed by atoms with Crippen molar-refractivity contribution in [1.29, 1.82) is 0 Å². The Morgan fingerprint density at radius 2 is 1.29 bits per heavy atom. The van der Waals surface area contributed by atoms with Crippen LogP contribution < -0.4 is 4.90 Å². The molecule has 0 bridgehead atoms. The zero-order chi connectivity index (χ0) is 14.5. The lowest BCUT2D eigenvalue weighted by Crippen LogP contribution is -2.14. The third-order valence-corrected chi connectivity index (χ3v) is 3.57. The van der Waals surface area contributed by atoms with Crippen molar-refractivity contribution in [2.24, 2.45) is 0 Å². The molecule has 0 heterocycles. The van der Waals surface area contributed by atoms with E-state index in [0.717, 1.165) is 6.42 Å². The Morgan fingerprint density at radius 3 is 1.86 bits per heavy atom. The van der Waals surface area contributed by atoms with E-state index in [1.807, 2.05) is 0 Å². The number of allylic oxidation sites excluding steroid dienone is 5. The monoisotopic (exact) mass is 273 g/mol. The zero-order valence-corrected chi connectivity index (χ0v) is 12.2. The minimum Gasteiger partial charge on any atom is -0.311 e. The fourth-order valence-corrected chi connectivity index (χ4v) is 2.49. The van der Waals surface area contributed by atoms with Gasteiger partial charge in [-0.15, -0.1) is 0 Å². The molecule has 0 spiro atoms. The molecule has 2 aromatic rings. The van der Waals surface area contributed by atoms with Gasteiger partial charge in [-0.2, -0.15) is 0 Å². The highest BCUT2D eigenvalue weighted by Gasteiger charge is 2.12. The Bertz CT molecular complexity index is 639. The first-order valence-electron chi connectivity index (χ1n) is 7.30. The maximum absolute atomic E-state index is 2.29. The van der Waals surface area contributed by atoms with E-state index in [0.29, 0.717) is 0 Å². The molecule has 1 nitrogen and oxygen atoms in total. The summed E-state index contributed by atoms with van der Waals surface area (Å²) in [6, 6.07) is 21.0. The van der Waals surface area contributed by atoms with Crippen molar-refractivity contribution in [2.45, 2.75) is 13.3 Å². The zero-order valence-electron chi connectivity index (χ0n) is 12.2. The van der Waals surface area contributed by atoms with Gasteiger partial charge in [0, 0.05) is 17.1 Å². The number of hydrogen-bond donors (Lipinski definition) is 0. The minimum atomic E-state index is 0.963. The van der Waals surface area contributed by atoms with E-state index >= 15 is 0 Å². The highest BCUT2D eigenvalue weighted by atomic mass is 15.1. The van der Waals surface area contributed by atoms with Gasteiger partial charge in [0.05, 0.1) is 0 Å². The van der Waals surface area contributed by atoms with Gasteiger partial charge in [-0.25, -0.2) is 0 Å². The number of hydrogen-bond acceptors (Lipinski definition) is 1. The second kappa shape index (κ2) is 6.27. The Labute approximate surface area is 126 Å². The second-order valence-electron chi connectivity index (χ2n) is 5.15. The fraction of sp³-hybridized carbons (Fsp3) is 0.100. The van der Waals surface area contributed by atoms with Crippen LogP contribution in [0.4, 0.5) is 11.4 Å². The summed E-state index contributed by atoms with van der Waals surface area (Å²) in [5.74, 6) is 0. The van der Waals surface area contributed by atoms with E-state index in [-0.39, 0.29) is 0 Å². The molecule has 0 aromatic heterocycles. The lowest BCUT2D eigenvalue weighted by molar-refractivity contribution is 1.18. The summed E-state index contributed by atoms with van der Waals surface area (Å²) < 4.78 is 0. The summed E-state index contributed by atoms with van der Waals surface area (Å²) >= 11 is 0. The molecule has 0 aliphatic heterocycles. The van der Waals surface area contributed by atoms with Crippen LogP contribution in [0.25, 0.3) is 0 Å². The summed E-state index contributed by atoms with van der Waals surface area (Å²) in [5.41, 5.74) is 4.88. The highest BCUT2D eigenvalue weighted by molar-refractivity contribution is 5.70. The largest absolute Gasteiger partial charge is 0.311 e. The third-order valence-electron chi connectivity index (χ3n) is 3.57. The maximum Gasteiger partial charge on any atom is 0.0461 e. The minimum absolute atomic E-state index is 0.963. The molecule has 1 heteroatoms. The van der Waals surface area contributed by atoms with Gasteiger partial charge in [0.15, 0.2) is 0 Å². The third kappa shape index (κ3) is 3.14. The van der Waals surface area contributed by atoms with Crippen LogP contribution in [0.5, 0.6) is 0 Å². The molecular formula is C20H19N. The Kier molecular flexibility index (Phi) is 4.02. The quantitative estimate of drug-likeness (QED) is 0.702. The van der Waals surface area contributed by atoms with E-state index in [1.54, 1.807) is 0 Å². The molecule has 0 atom stereocenters. The Morgan fingerprint density at radius 1 is 0.714 bits per heavy atom. The van der Waals surface area contributed by atoms with Crippen molar-refractivity contribution in [3.05, 3.63) is 96.2 Å². The van der Waals surface area contributed by atoms with Crippen molar-refractivity contribution in [1.82, 2.24) is 0 Å². The van der Waals surface area contributed by atoms with Crippen LogP contribution in [0.2, 0.25) is 0 Å². The topological polar surface area (TPSA) is 3.24 Å². The molecule has 0 saturated heterocycles. The number of benzene rings is 2. The molecule has 1 aliphatic rings. The van der Waals surface area contributed by atoms with E-state index in [9.17, 15) is 0 Å². The van der Waals surface area contributed by atoms with Crippen LogP contribution in [-0.4, -0.2) is 0 Å². The normalized spacial score (nSPS) is 14.1. The maximum atomic E-state index is 2.29. The fourth-order valence-electron chi connectivity index (χ4n) is 2.49. The highest BCUT2D eigenvalue weighted by Crippen LogP contribution is 2.31. The summed E-state index contributed by atoms with van der Waals surface area (Å²) in [4.78, 5) is 2.29. The van der Waals surface area contributed by atoms with Crippen molar-refractivity contribution >= 4 is 11.4 Å². The van der Waals surface area contributed by atoms with Gasteiger partial charge in [-0.05, 0) is 43.7 Å². The van der Waals surface area contributed by atoms with E-state index in [4.69, 9.17) is 0 Å². The molecule has 0 amide bonds. The molecule has 0 fully saturated rings. The van der Waals surface area contributed by atoms with Crippen LogP contribution in [0, 0.1) is 0 Å². The van der Waals surface area contributed by atoms with E-state index in [2.05, 4.69) is 96.8 Å². The average Bonchev–Trinajstić information content (AvgIpc) is 2.75. The van der Waals surface area contributed by atoms with Gasteiger partial charge < -0.3 is 4.90 Å². The molecule has 104 valence electrons. The van der Waals surface area contributed by atoms with Crippen LogP contribution >= 0.6 is 0 Å². The molecule has 21 heavy (non-hydrogen) atoms.